The van der Waals surface area contributed by atoms with Gasteiger partial charge in [0, 0.05) is 38.4 Å². The highest BCUT2D eigenvalue weighted by molar-refractivity contribution is 5.83. The highest BCUT2D eigenvalue weighted by atomic mass is 16.5. The summed E-state index contributed by atoms with van der Waals surface area (Å²) >= 11 is 0. The molecule has 0 saturated carbocycles. The fourth-order valence-electron chi connectivity index (χ4n) is 2.28. The van der Waals surface area contributed by atoms with Gasteiger partial charge in [-0.2, -0.15) is 5.10 Å². The number of hydrogen-bond donors (Lipinski definition) is 1. The Bertz CT molecular complexity index is 457. The second-order valence-corrected chi connectivity index (χ2v) is 5.07. The van der Waals surface area contributed by atoms with Crippen molar-refractivity contribution in [3.63, 3.8) is 0 Å². The third-order valence-electron chi connectivity index (χ3n) is 3.38. The van der Waals surface area contributed by atoms with Crippen molar-refractivity contribution in [2.45, 2.75) is 26.0 Å². The van der Waals surface area contributed by atoms with Gasteiger partial charge in [-0.15, -0.1) is 0 Å². The van der Waals surface area contributed by atoms with Crippen LogP contribution in [0.4, 0.5) is 0 Å². The molecule has 1 aromatic heterocycles. The van der Waals surface area contributed by atoms with E-state index in [4.69, 9.17) is 10.5 Å². The van der Waals surface area contributed by atoms with Crippen LogP contribution in [0.2, 0.25) is 0 Å². The van der Waals surface area contributed by atoms with Gasteiger partial charge in [0.15, 0.2) is 5.60 Å². The van der Waals surface area contributed by atoms with Crippen LogP contribution in [0, 0.1) is 6.92 Å². The van der Waals surface area contributed by atoms with E-state index in [9.17, 15) is 4.79 Å². The quantitative estimate of drug-likeness (QED) is 0.809. The normalized spacial score (nSPS) is 25.3. The second kappa shape index (κ2) is 4.70. The van der Waals surface area contributed by atoms with Gasteiger partial charge in [-0.3, -0.25) is 14.4 Å². The van der Waals surface area contributed by atoms with Gasteiger partial charge in [-0.05, 0) is 13.8 Å². The van der Waals surface area contributed by atoms with E-state index in [0.29, 0.717) is 13.2 Å². The fraction of sp³-hybridized carbons (Fsp3) is 0.667. The lowest BCUT2D eigenvalue weighted by Crippen LogP contribution is -2.56. The van der Waals surface area contributed by atoms with Crippen LogP contribution in [-0.4, -0.2) is 45.9 Å². The highest BCUT2D eigenvalue weighted by Crippen LogP contribution is 2.19. The lowest BCUT2D eigenvalue weighted by atomic mass is 10.0. The molecule has 1 fully saturated rings. The van der Waals surface area contributed by atoms with E-state index in [0.717, 1.165) is 18.8 Å². The molecule has 0 bridgehead atoms. The Kier molecular flexibility index (Phi) is 3.41. The van der Waals surface area contributed by atoms with Gasteiger partial charge >= 0.3 is 0 Å². The van der Waals surface area contributed by atoms with Crippen LogP contribution in [0.3, 0.4) is 0 Å². The fourth-order valence-corrected chi connectivity index (χ4v) is 2.28. The molecule has 1 aromatic rings. The number of morpholine rings is 1. The number of aryl methyl sites for hydroxylation is 2. The van der Waals surface area contributed by atoms with Gasteiger partial charge in [0.25, 0.3) is 5.91 Å². The van der Waals surface area contributed by atoms with E-state index >= 15 is 0 Å². The predicted molar refractivity (Wildman–Crippen MR) is 66.8 cm³/mol. The average Bonchev–Trinajstić information content (AvgIpc) is 2.57. The third kappa shape index (κ3) is 2.54. The summed E-state index contributed by atoms with van der Waals surface area (Å²) < 4.78 is 7.30. The van der Waals surface area contributed by atoms with E-state index in [-0.39, 0.29) is 0 Å². The molecule has 1 atom stereocenters. The van der Waals surface area contributed by atoms with E-state index < -0.39 is 11.5 Å². The first-order chi connectivity index (χ1) is 8.40. The zero-order valence-corrected chi connectivity index (χ0v) is 11.1. The lowest BCUT2D eigenvalue weighted by Gasteiger charge is -2.38. The number of primary amides is 1. The molecule has 2 heterocycles. The molecule has 1 aliphatic heterocycles. The molecule has 1 amide bonds. The minimum Gasteiger partial charge on any atom is -0.367 e. The minimum absolute atomic E-state index is 0.407. The van der Waals surface area contributed by atoms with Crippen molar-refractivity contribution in [1.29, 1.82) is 0 Å². The summed E-state index contributed by atoms with van der Waals surface area (Å²) in [5, 5.41) is 4.32. The molecule has 18 heavy (non-hydrogen) atoms. The lowest BCUT2D eigenvalue weighted by molar-refractivity contribution is -0.153. The van der Waals surface area contributed by atoms with Crippen molar-refractivity contribution >= 4 is 5.91 Å². The maximum Gasteiger partial charge on any atom is 0.250 e. The topological polar surface area (TPSA) is 73.4 Å². The van der Waals surface area contributed by atoms with Gasteiger partial charge in [-0.25, -0.2) is 0 Å². The Labute approximate surface area is 107 Å². The average molecular weight is 252 g/mol. The van der Waals surface area contributed by atoms with Crippen LogP contribution < -0.4 is 5.73 Å². The molecular formula is C12H20N4O2. The van der Waals surface area contributed by atoms with E-state index in [1.54, 1.807) is 11.6 Å². The Hall–Kier alpha value is -1.40. The number of carbonyl (C=O) groups excluding carboxylic acids is 1. The monoisotopic (exact) mass is 252 g/mol. The van der Waals surface area contributed by atoms with Crippen molar-refractivity contribution < 1.29 is 9.53 Å². The van der Waals surface area contributed by atoms with E-state index in [1.165, 1.54) is 5.56 Å². The summed E-state index contributed by atoms with van der Waals surface area (Å²) in [4.78, 5) is 13.6. The molecular weight excluding hydrogens is 232 g/mol. The van der Waals surface area contributed by atoms with Gasteiger partial charge in [0.2, 0.25) is 0 Å². The summed E-state index contributed by atoms with van der Waals surface area (Å²) in [5.74, 6) is -0.407. The predicted octanol–water partition coefficient (Wildman–Crippen LogP) is -0.195. The summed E-state index contributed by atoms with van der Waals surface area (Å²) in [7, 11) is 1.91. The Morgan fingerprint density at radius 2 is 2.39 bits per heavy atom. The standard InChI is InChI=1S/C12H20N4O2/c1-9-10(6-15(3)14-9)7-16-4-5-18-12(2,8-16)11(13)17/h6H,4-5,7-8H2,1-3H3,(H2,13,17)/t12-/m0/s1. The molecule has 0 aromatic carbocycles. The first-order valence-electron chi connectivity index (χ1n) is 6.06. The van der Waals surface area contributed by atoms with Crippen molar-refractivity contribution in [3.8, 4) is 0 Å². The maximum absolute atomic E-state index is 11.4. The van der Waals surface area contributed by atoms with Gasteiger partial charge < -0.3 is 10.5 Å². The number of aromatic nitrogens is 2. The highest BCUT2D eigenvalue weighted by Gasteiger charge is 2.37. The Balaban J connectivity index is 2.06. The van der Waals surface area contributed by atoms with Gasteiger partial charge in [0.1, 0.15) is 0 Å². The second-order valence-electron chi connectivity index (χ2n) is 5.07. The van der Waals surface area contributed by atoms with Gasteiger partial charge in [-0.1, -0.05) is 0 Å². The molecule has 1 aliphatic rings. The van der Waals surface area contributed by atoms with Crippen LogP contribution >= 0.6 is 0 Å². The molecule has 0 unspecified atom stereocenters. The molecule has 2 rings (SSSR count). The maximum atomic E-state index is 11.4. The van der Waals surface area contributed by atoms with Crippen molar-refractivity contribution in [2.24, 2.45) is 12.8 Å². The molecule has 1 saturated heterocycles. The summed E-state index contributed by atoms with van der Waals surface area (Å²) in [6, 6.07) is 0. The Morgan fingerprint density at radius 3 is 2.94 bits per heavy atom. The van der Waals surface area contributed by atoms with Crippen LogP contribution in [0.15, 0.2) is 6.20 Å². The summed E-state index contributed by atoms with van der Waals surface area (Å²) in [5.41, 5.74) is 6.69. The van der Waals surface area contributed by atoms with Crippen molar-refractivity contribution in [1.82, 2.24) is 14.7 Å². The van der Waals surface area contributed by atoms with E-state index in [2.05, 4.69) is 10.00 Å². The number of nitrogens with two attached hydrogens (primary N) is 1. The molecule has 0 aliphatic carbocycles. The largest absolute Gasteiger partial charge is 0.367 e. The van der Waals surface area contributed by atoms with Crippen molar-refractivity contribution in [2.75, 3.05) is 19.7 Å². The number of ether oxygens (including phenoxy) is 1. The number of carbonyl (C=O) groups is 1. The molecule has 6 nitrogen and oxygen atoms in total. The molecule has 100 valence electrons. The summed E-state index contributed by atoms with van der Waals surface area (Å²) in [6.45, 7) is 6.36. The number of nitrogens with zero attached hydrogens (tertiary/aromatic N) is 3. The smallest absolute Gasteiger partial charge is 0.250 e. The zero-order chi connectivity index (χ0) is 13.3. The van der Waals surface area contributed by atoms with Crippen molar-refractivity contribution in [3.05, 3.63) is 17.5 Å². The zero-order valence-electron chi connectivity index (χ0n) is 11.1. The van der Waals surface area contributed by atoms with Crippen LogP contribution in [0.25, 0.3) is 0 Å². The Morgan fingerprint density at radius 1 is 1.67 bits per heavy atom. The number of amides is 1. The first-order valence-corrected chi connectivity index (χ1v) is 6.06. The number of rotatable bonds is 3. The molecule has 0 spiro atoms. The minimum atomic E-state index is -0.881. The molecule has 2 N–H and O–H groups in total. The van der Waals surface area contributed by atoms with Crippen LogP contribution in [0.1, 0.15) is 18.2 Å². The van der Waals surface area contributed by atoms with Gasteiger partial charge in [0.05, 0.1) is 12.3 Å². The van der Waals surface area contributed by atoms with Crippen LogP contribution in [-0.2, 0) is 23.1 Å². The molecule has 6 heteroatoms. The number of hydrogen-bond acceptors (Lipinski definition) is 4. The van der Waals surface area contributed by atoms with E-state index in [1.807, 2.05) is 20.2 Å². The third-order valence-corrected chi connectivity index (χ3v) is 3.38. The van der Waals surface area contributed by atoms with Crippen LogP contribution in [0.5, 0.6) is 0 Å². The molecule has 0 radical (unpaired) electrons. The first kappa shape index (κ1) is 13.0. The SMILES string of the molecule is Cc1nn(C)cc1CN1CCO[C@](C)(C(N)=O)C1. The summed E-state index contributed by atoms with van der Waals surface area (Å²) in [6.07, 6.45) is 2.01.